The van der Waals surface area contributed by atoms with E-state index in [1.807, 2.05) is 24.3 Å². The maximum atomic E-state index is 3.23. The minimum Gasteiger partial charge on any atom is -0.0920 e. The van der Waals surface area contributed by atoms with Crippen molar-refractivity contribution in [2.45, 2.75) is 41.5 Å². The minimum absolute atomic E-state index is 0.0463. The summed E-state index contributed by atoms with van der Waals surface area (Å²) in [5.41, 5.74) is 2.19. The van der Waals surface area contributed by atoms with Crippen molar-refractivity contribution in [1.82, 2.24) is 0 Å². The Balaban J connectivity index is 2.86. The Hall–Kier alpha value is -1.66. The normalized spacial score (nSPS) is 11.0. The Morgan fingerprint density at radius 3 is 1.11 bits per heavy atom. The predicted molar refractivity (Wildman–Crippen MR) is 79.1 cm³/mol. The lowest BCUT2D eigenvalue weighted by atomic mass is 9.96. The van der Waals surface area contributed by atoms with Crippen LogP contribution >= 0.6 is 0 Å². The van der Waals surface area contributed by atoms with E-state index < -0.39 is 0 Å². The first-order chi connectivity index (χ1) is 8.16. The Kier molecular flexibility index (Phi) is 4.26. The Bertz CT molecular complexity index is 457. The van der Waals surface area contributed by atoms with Gasteiger partial charge in [-0.25, -0.2) is 0 Å². The monoisotopic (exact) mass is 238 g/mol. The highest BCUT2D eigenvalue weighted by atomic mass is 14.1. The Morgan fingerprint density at radius 2 is 0.889 bits per heavy atom. The SMILES string of the molecule is CC(C)(C)C#Cc1ccc(C#CC(C)(C)C)cc1. The van der Waals surface area contributed by atoms with Gasteiger partial charge in [-0.2, -0.15) is 0 Å². The molecule has 0 fully saturated rings. The van der Waals surface area contributed by atoms with Crippen molar-refractivity contribution >= 4 is 0 Å². The standard InChI is InChI=1S/C18H22/c1-17(2,3)13-11-15-7-9-16(10-8-15)12-14-18(4,5)6/h7-10H,1-6H3. The summed E-state index contributed by atoms with van der Waals surface area (Å²) in [4.78, 5) is 0. The van der Waals surface area contributed by atoms with E-state index in [1.165, 1.54) is 0 Å². The van der Waals surface area contributed by atoms with E-state index in [9.17, 15) is 0 Å². The smallest absolute Gasteiger partial charge is 0.0246 e. The average molecular weight is 238 g/mol. The van der Waals surface area contributed by atoms with Gasteiger partial charge >= 0.3 is 0 Å². The lowest BCUT2D eigenvalue weighted by Gasteiger charge is -2.07. The second kappa shape index (κ2) is 5.32. The van der Waals surface area contributed by atoms with Gasteiger partial charge in [0.2, 0.25) is 0 Å². The molecule has 0 radical (unpaired) electrons. The van der Waals surface area contributed by atoms with Crippen molar-refractivity contribution in [2.24, 2.45) is 10.8 Å². The zero-order valence-electron chi connectivity index (χ0n) is 12.3. The summed E-state index contributed by atoms with van der Waals surface area (Å²) in [6.07, 6.45) is 0. The first-order valence-corrected chi connectivity index (χ1v) is 6.32. The molecule has 1 rings (SSSR count). The van der Waals surface area contributed by atoms with Crippen LogP contribution in [-0.4, -0.2) is 0 Å². The number of benzene rings is 1. The Morgan fingerprint density at radius 1 is 0.611 bits per heavy atom. The summed E-state index contributed by atoms with van der Waals surface area (Å²) < 4.78 is 0. The molecule has 0 heterocycles. The summed E-state index contributed by atoms with van der Waals surface area (Å²) in [7, 11) is 0. The summed E-state index contributed by atoms with van der Waals surface area (Å²) in [6, 6.07) is 8.13. The van der Waals surface area contributed by atoms with Crippen molar-refractivity contribution in [3.05, 3.63) is 35.4 Å². The highest BCUT2D eigenvalue weighted by Crippen LogP contribution is 2.12. The van der Waals surface area contributed by atoms with Crippen molar-refractivity contribution < 1.29 is 0 Å². The van der Waals surface area contributed by atoms with Crippen LogP contribution in [0.2, 0.25) is 0 Å². The third-order valence-corrected chi connectivity index (χ3v) is 2.05. The molecule has 0 heteroatoms. The Labute approximate surface area is 112 Å². The van der Waals surface area contributed by atoms with Gasteiger partial charge in [-0.1, -0.05) is 23.7 Å². The fraction of sp³-hybridized carbons (Fsp3) is 0.444. The molecule has 0 aromatic heterocycles. The molecule has 18 heavy (non-hydrogen) atoms. The summed E-state index contributed by atoms with van der Waals surface area (Å²) in [6.45, 7) is 12.7. The zero-order valence-corrected chi connectivity index (χ0v) is 12.3. The van der Waals surface area contributed by atoms with Crippen LogP contribution in [0.15, 0.2) is 24.3 Å². The van der Waals surface area contributed by atoms with Crippen molar-refractivity contribution in [3.63, 3.8) is 0 Å². The number of hydrogen-bond acceptors (Lipinski definition) is 0. The van der Waals surface area contributed by atoms with E-state index >= 15 is 0 Å². The van der Waals surface area contributed by atoms with Crippen LogP contribution in [0.1, 0.15) is 52.7 Å². The average Bonchev–Trinajstić information content (AvgIpc) is 2.23. The summed E-state index contributed by atoms with van der Waals surface area (Å²) in [5.74, 6) is 12.8. The second-order valence-electron chi connectivity index (χ2n) is 6.58. The quantitative estimate of drug-likeness (QED) is 0.584. The third kappa shape index (κ3) is 6.17. The van der Waals surface area contributed by atoms with Crippen LogP contribution < -0.4 is 0 Å². The van der Waals surface area contributed by atoms with Crippen LogP contribution in [-0.2, 0) is 0 Å². The molecule has 0 N–H and O–H groups in total. The molecule has 94 valence electrons. The molecule has 0 aliphatic carbocycles. The molecule has 0 atom stereocenters. The van der Waals surface area contributed by atoms with Crippen molar-refractivity contribution in [2.75, 3.05) is 0 Å². The second-order valence-corrected chi connectivity index (χ2v) is 6.58. The van der Waals surface area contributed by atoms with Gasteiger partial charge in [-0.05, 0) is 65.8 Å². The molecule has 0 bridgehead atoms. The molecule has 1 aromatic carbocycles. The van der Waals surface area contributed by atoms with Crippen LogP contribution in [0.3, 0.4) is 0 Å². The molecule has 0 aliphatic heterocycles. The molecule has 0 spiro atoms. The number of rotatable bonds is 0. The van der Waals surface area contributed by atoms with E-state index in [4.69, 9.17) is 0 Å². The third-order valence-electron chi connectivity index (χ3n) is 2.05. The topological polar surface area (TPSA) is 0 Å². The first kappa shape index (κ1) is 14.4. The van der Waals surface area contributed by atoms with Gasteiger partial charge in [0.05, 0.1) is 0 Å². The summed E-state index contributed by atoms with van der Waals surface area (Å²) in [5, 5.41) is 0. The van der Waals surface area contributed by atoms with Crippen LogP contribution in [0.4, 0.5) is 0 Å². The van der Waals surface area contributed by atoms with Gasteiger partial charge in [0.15, 0.2) is 0 Å². The van der Waals surface area contributed by atoms with E-state index in [1.54, 1.807) is 0 Å². The first-order valence-electron chi connectivity index (χ1n) is 6.32. The highest BCUT2D eigenvalue weighted by molar-refractivity contribution is 5.42. The fourth-order valence-corrected chi connectivity index (χ4v) is 1.16. The molecule has 0 saturated carbocycles. The molecule has 0 saturated heterocycles. The van der Waals surface area contributed by atoms with Crippen molar-refractivity contribution in [1.29, 1.82) is 0 Å². The van der Waals surface area contributed by atoms with E-state index in [0.29, 0.717) is 0 Å². The van der Waals surface area contributed by atoms with Gasteiger partial charge in [-0.3, -0.25) is 0 Å². The van der Waals surface area contributed by atoms with Gasteiger partial charge in [0.25, 0.3) is 0 Å². The minimum atomic E-state index is 0.0463. The van der Waals surface area contributed by atoms with Crippen LogP contribution in [0.25, 0.3) is 0 Å². The molecular formula is C18H22. The molecular weight excluding hydrogens is 216 g/mol. The molecule has 0 unspecified atom stereocenters. The summed E-state index contributed by atoms with van der Waals surface area (Å²) >= 11 is 0. The maximum absolute atomic E-state index is 3.23. The lowest BCUT2D eigenvalue weighted by molar-refractivity contribution is 0.570. The van der Waals surface area contributed by atoms with Gasteiger partial charge in [-0.15, -0.1) is 0 Å². The maximum Gasteiger partial charge on any atom is 0.0246 e. The molecule has 1 aromatic rings. The lowest BCUT2D eigenvalue weighted by Crippen LogP contribution is -1.99. The largest absolute Gasteiger partial charge is 0.0920 e. The van der Waals surface area contributed by atoms with E-state index in [-0.39, 0.29) is 10.8 Å². The van der Waals surface area contributed by atoms with Gasteiger partial charge < -0.3 is 0 Å². The molecule has 0 aliphatic rings. The van der Waals surface area contributed by atoms with Crippen LogP contribution in [0.5, 0.6) is 0 Å². The molecule has 0 nitrogen and oxygen atoms in total. The fourth-order valence-electron chi connectivity index (χ4n) is 1.16. The zero-order chi connectivity index (χ0) is 13.8. The van der Waals surface area contributed by atoms with Crippen LogP contribution in [0, 0.1) is 34.5 Å². The van der Waals surface area contributed by atoms with E-state index in [0.717, 1.165) is 11.1 Å². The number of hydrogen-bond donors (Lipinski definition) is 0. The highest BCUT2D eigenvalue weighted by Gasteiger charge is 2.04. The van der Waals surface area contributed by atoms with Gasteiger partial charge in [0, 0.05) is 22.0 Å². The van der Waals surface area contributed by atoms with Crippen molar-refractivity contribution in [3.8, 4) is 23.7 Å². The van der Waals surface area contributed by atoms with E-state index in [2.05, 4.69) is 65.2 Å². The molecule has 0 amide bonds. The van der Waals surface area contributed by atoms with Gasteiger partial charge in [0.1, 0.15) is 0 Å². The predicted octanol–water partition coefficient (Wildman–Crippen LogP) is 4.48.